The van der Waals surface area contributed by atoms with Crippen molar-refractivity contribution in [2.75, 3.05) is 26.7 Å². The second-order valence-electron chi connectivity index (χ2n) is 8.89. The van der Waals surface area contributed by atoms with Crippen LogP contribution in [0.25, 0.3) is 0 Å². The molecule has 1 aromatic rings. The van der Waals surface area contributed by atoms with Crippen molar-refractivity contribution in [3.63, 3.8) is 0 Å². The number of hydrogen-bond donors (Lipinski definition) is 2. The van der Waals surface area contributed by atoms with E-state index >= 15 is 0 Å². The summed E-state index contributed by atoms with van der Waals surface area (Å²) in [6.07, 6.45) is -0.538. The van der Waals surface area contributed by atoms with Gasteiger partial charge in [0.15, 0.2) is 0 Å². The van der Waals surface area contributed by atoms with Gasteiger partial charge in [0.05, 0.1) is 12.1 Å². The van der Waals surface area contributed by atoms with E-state index < -0.39 is 24.3 Å². The number of carbonyl (C=O) groups is 2. The van der Waals surface area contributed by atoms with E-state index in [9.17, 15) is 26.3 Å². The fourth-order valence-corrected chi connectivity index (χ4v) is 4.15. The topological polar surface area (TPSA) is 103 Å². The number of fused-ring (bicyclic) bond motifs is 1. The van der Waals surface area contributed by atoms with Crippen molar-refractivity contribution in [2.45, 2.75) is 62.8 Å². The highest BCUT2D eigenvalue weighted by Gasteiger charge is 2.46. The Morgan fingerprint density at radius 1 is 1.11 bits per heavy atom. The number of likely N-dealkylation sites (N-methyl/N-ethyl adjacent to an activating group) is 1. The first-order valence-corrected chi connectivity index (χ1v) is 11.2. The van der Waals surface area contributed by atoms with Crippen LogP contribution in [-0.4, -0.2) is 94.2 Å². The van der Waals surface area contributed by atoms with Gasteiger partial charge < -0.3 is 14.9 Å². The predicted molar refractivity (Wildman–Crippen MR) is 114 cm³/mol. The molecule has 0 spiro atoms. The van der Waals surface area contributed by atoms with Gasteiger partial charge in [0.1, 0.15) is 0 Å². The van der Waals surface area contributed by atoms with Crippen LogP contribution in [0.3, 0.4) is 0 Å². The Kier molecular flexibility index (Phi) is 10.5. The lowest BCUT2D eigenvalue weighted by molar-refractivity contribution is -0.193. The summed E-state index contributed by atoms with van der Waals surface area (Å²) in [7, 11) is 2.24. The van der Waals surface area contributed by atoms with Crippen LogP contribution in [0, 0.1) is 5.92 Å². The third kappa shape index (κ3) is 9.54. The zero-order valence-electron chi connectivity index (χ0n) is 19.5. The van der Waals surface area contributed by atoms with Gasteiger partial charge in [-0.1, -0.05) is 6.07 Å². The van der Waals surface area contributed by atoms with E-state index in [-0.39, 0.29) is 0 Å². The number of halogens is 6. The maximum absolute atomic E-state index is 10.6. The molecule has 3 atom stereocenters. The molecule has 14 heteroatoms. The largest absolute Gasteiger partial charge is 0.490 e. The summed E-state index contributed by atoms with van der Waals surface area (Å²) in [5.41, 5.74) is 1.29. The number of aromatic nitrogens is 1. The van der Waals surface area contributed by atoms with Crippen LogP contribution >= 0.6 is 0 Å². The van der Waals surface area contributed by atoms with Crippen LogP contribution < -0.4 is 0 Å². The van der Waals surface area contributed by atoms with Crippen molar-refractivity contribution in [3.05, 3.63) is 30.1 Å². The molecule has 1 aliphatic carbocycles. The Labute approximate surface area is 203 Å². The highest BCUT2D eigenvalue weighted by molar-refractivity contribution is 5.73. The second kappa shape index (κ2) is 12.7. The molecule has 0 radical (unpaired) electrons. The molecular formula is C22H29F6N3O5. The lowest BCUT2D eigenvalue weighted by Gasteiger charge is -2.34. The molecule has 1 aromatic heterocycles. The van der Waals surface area contributed by atoms with Gasteiger partial charge in [-0.15, -0.1) is 0 Å². The maximum atomic E-state index is 10.6. The van der Waals surface area contributed by atoms with Crippen LogP contribution in [-0.2, 0) is 20.9 Å². The first-order valence-electron chi connectivity index (χ1n) is 11.2. The van der Waals surface area contributed by atoms with E-state index in [4.69, 9.17) is 24.5 Å². The lowest BCUT2D eigenvalue weighted by atomic mass is 10.00. The van der Waals surface area contributed by atoms with E-state index in [0.29, 0.717) is 18.2 Å². The lowest BCUT2D eigenvalue weighted by Crippen LogP contribution is -2.46. The Hall–Kier alpha value is -2.45. The quantitative estimate of drug-likeness (QED) is 0.560. The molecule has 3 heterocycles. The van der Waals surface area contributed by atoms with Crippen molar-refractivity contribution in [2.24, 2.45) is 5.92 Å². The Morgan fingerprint density at radius 2 is 1.69 bits per heavy atom. The van der Waals surface area contributed by atoms with Crippen LogP contribution in [0.2, 0.25) is 0 Å². The minimum Gasteiger partial charge on any atom is -0.475 e. The number of hydrogen-bond acceptors (Lipinski definition) is 6. The molecule has 204 valence electrons. The molecule has 0 aromatic carbocycles. The zero-order chi connectivity index (χ0) is 27.1. The number of aliphatic carboxylic acids is 2. The Balaban J connectivity index is 0.000000271. The number of rotatable bonds is 5. The minimum atomic E-state index is -5.08. The van der Waals surface area contributed by atoms with Gasteiger partial charge in [-0.25, -0.2) is 9.59 Å². The highest BCUT2D eigenvalue weighted by Crippen LogP contribution is 2.36. The number of nitrogens with zero attached hydrogens (tertiary/aromatic N) is 3. The first-order chi connectivity index (χ1) is 16.7. The van der Waals surface area contributed by atoms with Crippen LogP contribution in [0.15, 0.2) is 24.5 Å². The van der Waals surface area contributed by atoms with Gasteiger partial charge in [-0.2, -0.15) is 26.3 Å². The average Bonchev–Trinajstić information content (AvgIpc) is 3.53. The van der Waals surface area contributed by atoms with Crippen LogP contribution in [0.4, 0.5) is 26.3 Å². The van der Waals surface area contributed by atoms with Gasteiger partial charge in [0.2, 0.25) is 0 Å². The van der Waals surface area contributed by atoms with Gasteiger partial charge in [0, 0.05) is 44.7 Å². The van der Waals surface area contributed by atoms with Gasteiger partial charge >= 0.3 is 24.3 Å². The van der Waals surface area contributed by atoms with Crippen molar-refractivity contribution in [1.29, 1.82) is 0 Å². The van der Waals surface area contributed by atoms with E-state index in [1.807, 2.05) is 18.5 Å². The van der Waals surface area contributed by atoms with Crippen molar-refractivity contribution >= 4 is 11.9 Å². The predicted octanol–water partition coefficient (Wildman–Crippen LogP) is 3.42. The maximum Gasteiger partial charge on any atom is 0.490 e. The fourth-order valence-electron chi connectivity index (χ4n) is 4.15. The monoisotopic (exact) mass is 529 g/mol. The normalized spacial score (nSPS) is 24.2. The smallest absolute Gasteiger partial charge is 0.475 e. The van der Waals surface area contributed by atoms with Crippen LogP contribution in [0.1, 0.15) is 31.2 Å². The molecule has 2 saturated heterocycles. The Bertz CT molecular complexity index is 827. The molecule has 4 rings (SSSR count). The van der Waals surface area contributed by atoms with E-state index in [1.54, 1.807) is 0 Å². The summed E-state index contributed by atoms with van der Waals surface area (Å²) in [5.74, 6) is -4.55. The highest BCUT2D eigenvalue weighted by atomic mass is 19.4. The van der Waals surface area contributed by atoms with Gasteiger partial charge in [-0.05, 0) is 50.3 Å². The van der Waals surface area contributed by atoms with E-state index in [1.165, 1.54) is 44.3 Å². The molecule has 0 bridgehead atoms. The number of carboxylic acid groups (broad SMARTS) is 2. The molecular weight excluding hydrogens is 500 g/mol. The minimum absolute atomic E-state index is 0.397. The second-order valence-corrected chi connectivity index (χ2v) is 8.89. The number of ether oxygens (including phenoxy) is 1. The Morgan fingerprint density at radius 3 is 2.17 bits per heavy atom. The van der Waals surface area contributed by atoms with Crippen molar-refractivity contribution in [1.82, 2.24) is 14.8 Å². The SMILES string of the molecule is CN(Cc1cccnc1)[C@@H]1CN(CC2CC2)[C@@H]2CCCO[C@H]12.O=C(O)C(F)(F)F.O=C(O)C(F)(F)F. The third-order valence-electron chi connectivity index (χ3n) is 6.00. The third-order valence-corrected chi connectivity index (χ3v) is 6.00. The number of likely N-dealkylation sites (tertiary alicyclic amines) is 1. The number of carboxylic acids is 2. The summed E-state index contributed by atoms with van der Waals surface area (Å²) in [6.45, 7) is 4.36. The fraction of sp³-hybridized carbons (Fsp3) is 0.682. The number of alkyl halides is 6. The standard InChI is InChI=1S/C18H27N3O.2C2HF3O2/c1-20(11-15-4-2-8-19-10-15)17-13-21(12-14-6-7-14)16-5-3-9-22-18(16)17;2*3-2(4,5)1(6)7/h2,4,8,10,14,16-18H,3,5-7,9,11-13H2,1H3;2*(H,6,7)/t16-,17-,18+;;/m1../s1. The molecule has 2 N–H and O–H groups in total. The molecule has 1 saturated carbocycles. The zero-order valence-corrected chi connectivity index (χ0v) is 19.5. The summed E-state index contributed by atoms with van der Waals surface area (Å²) in [5, 5.41) is 14.2. The molecule has 3 aliphatic rings. The summed E-state index contributed by atoms with van der Waals surface area (Å²) in [4.78, 5) is 27.2. The van der Waals surface area contributed by atoms with Crippen molar-refractivity contribution in [3.8, 4) is 0 Å². The average molecular weight is 529 g/mol. The van der Waals surface area contributed by atoms with E-state index in [0.717, 1.165) is 19.1 Å². The van der Waals surface area contributed by atoms with Gasteiger partial charge in [-0.3, -0.25) is 14.8 Å². The summed E-state index contributed by atoms with van der Waals surface area (Å²) < 4.78 is 69.7. The molecule has 0 unspecified atom stereocenters. The van der Waals surface area contributed by atoms with E-state index in [2.05, 4.69) is 27.9 Å². The molecule has 3 fully saturated rings. The van der Waals surface area contributed by atoms with Crippen LogP contribution in [0.5, 0.6) is 0 Å². The van der Waals surface area contributed by atoms with Gasteiger partial charge in [0.25, 0.3) is 0 Å². The first kappa shape index (κ1) is 29.8. The summed E-state index contributed by atoms with van der Waals surface area (Å²) in [6, 6.07) is 5.36. The molecule has 36 heavy (non-hydrogen) atoms. The molecule has 0 amide bonds. The molecule has 8 nitrogen and oxygen atoms in total. The molecule has 2 aliphatic heterocycles. The van der Waals surface area contributed by atoms with Crippen molar-refractivity contribution < 1.29 is 50.9 Å². The summed E-state index contributed by atoms with van der Waals surface area (Å²) >= 11 is 0. The number of pyridine rings is 1.